The van der Waals surface area contributed by atoms with Crippen LogP contribution in [0.4, 0.5) is 0 Å². The molecule has 2 rings (SSSR count). The fourth-order valence-corrected chi connectivity index (χ4v) is 1.74. The first-order chi connectivity index (χ1) is 6.31. The zero-order chi connectivity index (χ0) is 9.26. The zero-order valence-electron chi connectivity index (χ0n) is 7.84. The van der Waals surface area contributed by atoms with Gasteiger partial charge in [-0.25, -0.2) is 0 Å². The topological polar surface area (TPSA) is 30.0 Å². The van der Waals surface area contributed by atoms with E-state index in [9.17, 15) is 4.79 Å². The number of nitrogens with zero attached hydrogens (tertiary/aromatic N) is 1. The van der Waals surface area contributed by atoms with Gasteiger partial charge in [0.2, 0.25) is 0 Å². The van der Waals surface area contributed by atoms with Gasteiger partial charge >= 0.3 is 0 Å². The van der Waals surface area contributed by atoms with Gasteiger partial charge in [0.25, 0.3) is 0 Å². The fraction of sp³-hybridized carbons (Fsp3) is 0.455. The van der Waals surface area contributed by atoms with Gasteiger partial charge in [-0.2, -0.15) is 0 Å². The lowest BCUT2D eigenvalue weighted by atomic mass is 9.94. The molecule has 2 heteroatoms. The van der Waals surface area contributed by atoms with Crippen molar-refractivity contribution in [3.8, 4) is 0 Å². The van der Waals surface area contributed by atoms with Crippen LogP contribution in [-0.4, -0.2) is 10.8 Å². The summed E-state index contributed by atoms with van der Waals surface area (Å²) in [5, 5.41) is 0. The summed E-state index contributed by atoms with van der Waals surface area (Å²) >= 11 is 0. The smallest absolute Gasteiger partial charge is 0.164 e. The molecule has 0 saturated heterocycles. The number of aryl methyl sites for hydroxylation is 2. The number of aromatic nitrogens is 1. The Balaban J connectivity index is 2.45. The fourth-order valence-electron chi connectivity index (χ4n) is 1.74. The van der Waals surface area contributed by atoms with Crippen LogP contribution in [0.3, 0.4) is 0 Å². The maximum absolute atomic E-state index is 11.4. The van der Waals surface area contributed by atoms with E-state index in [-0.39, 0.29) is 5.78 Å². The van der Waals surface area contributed by atoms with Gasteiger partial charge in [-0.1, -0.05) is 6.92 Å². The number of carbonyl (C=O) groups is 1. The van der Waals surface area contributed by atoms with Gasteiger partial charge < -0.3 is 0 Å². The minimum atomic E-state index is 0.261. The molecule has 0 aliphatic heterocycles. The largest absolute Gasteiger partial charge is 0.294 e. The molecule has 0 radical (unpaired) electrons. The SMILES string of the molecule is CCc1ccc2c(n1)CCCC2=O. The standard InChI is InChI=1S/C11H13NO/c1-2-8-6-7-9-10(12-8)4-3-5-11(9)13/h6-7H,2-5H2,1H3. The quantitative estimate of drug-likeness (QED) is 0.654. The van der Waals surface area contributed by atoms with Gasteiger partial charge in [-0.15, -0.1) is 0 Å². The van der Waals surface area contributed by atoms with Gasteiger partial charge in [-0.3, -0.25) is 9.78 Å². The molecule has 0 N–H and O–H groups in total. The number of rotatable bonds is 1. The predicted octanol–water partition coefficient (Wildman–Crippen LogP) is 2.16. The highest BCUT2D eigenvalue weighted by Gasteiger charge is 2.17. The lowest BCUT2D eigenvalue weighted by Crippen LogP contribution is -2.13. The highest BCUT2D eigenvalue weighted by molar-refractivity contribution is 5.97. The first kappa shape index (κ1) is 8.42. The lowest BCUT2D eigenvalue weighted by molar-refractivity contribution is 0.0971. The van der Waals surface area contributed by atoms with Crippen molar-refractivity contribution in [1.29, 1.82) is 0 Å². The maximum Gasteiger partial charge on any atom is 0.164 e. The molecule has 1 aliphatic carbocycles. The van der Waals surface area contributed by atoms with E-state index < -0.39 is 0 Å². The summed E-state index contributed by atoms with van der Waals surface area (Å²) in [4.78, 5) is 15.9. The van der Waals surface area contributed by atoms with E-state index in [1.54, 1.807) is 0 Å². The van der Waals surface area contributed by atoms with Crippen molar-refractivity contribution in [1.82, 2.24) is 4.98 Å². The Bertz CT molecular complexity index is 344. The van der Waals surface area contributed by atoms with E-state index in [2.05, 4.69) is 11.9 Å². The molecular formula is C11H13NO. The highest BCUT2D eigenvalue weighted by atomic mass is 16.1. The molecule has 0 bridgehead atoms. The summed E-state index contributed by atoms with van der Waals surface area (Å²) in [7, 11) is 0. The van der Waals surface area contributed by atoms with Crippen LogP contribution < -0.4 is 0 Å². The Hall–Kier alpha value is -1.18. The summed E-state index contributed by atoms with van der Waals surface area (Å²) in [5.74, 6) is 0.261. The summed E-state index contributed by atoms with van der Waals surface area (Å²) < 4.78 is 0. The van der Waals surface area contributed by atoms with E-state index in [1.165, 1.54) is 0 Å². The molecule has 0 amide bonds. The Morgan fingerprint density at radius 3 is 3.00 bits per heavy atom. The molecule has 0 aromatic carbocycles. The van der Waals surface area contributed by atoms with Crippen molar-refractivity contribution >= 4 is 5.78 Å². The predicted molar refractivity (Wildman–Crippen MR) is 50.9 cm³/mol. The average molecular weight is 175 g/mol. The van der Waals surface area contributed by atoms with Crippen LogP contribution in [-0.2, 0) is 12.8 Å². The molecule has 1 aromatic heterocycles. The van der Waals surface area contributed by atoms with Crippen LogP contribution in [0.25, 0.3) is 0 Å². The normalized spacial score (nSPS) is 15.6. The first-order valence-electron chi connectivity index (χ1n) is 4.83. The van der Waals surface area contributed by atoms with Crippen molar-refractivity contribution in [2.24, 2.45) is 0 Å². The lowest BCUT2D eigenvalue weighted by Gasteiger charge is -2.13. The number of fused-ring (bicyclic) bond motifs is 1. The second-order valence-corrected chi connectivity index (χ2v) is 3.43. The number of Topliss-reactive ketones (excluding diaryl/α,β-unsaturated/α-hetero) is 1. The second-order valence-electron chi connectivity index (χ2n) is 3.43. The number of ketones is 1. The Morgan fingerprint density at radius 1 is 1.38 bits per heavy atom. The molecule has 13 heavy (non-hydrogen) atoms. The van der Waals surface area contributed by atoms with Crippen LogP contribution in [0.5, 0.6) is 0 Å². The Morgan fingerprint density at radius 2 is 2.23 bits per heavy atom. The average Bonchev–Trinajstić information content (AvgIpc) is 2.18. The molecule has 1 aromatic rings. The van der Waals surface area contributed by atoms with Crippen molar-refractivity contribution in [2.45, 2.75) is 32.6 Å². The highest BCUT2D eigenvalue weighted by Crippen LogP contribution is 2.19. The molecule has 0 unspecified atom stereocenters. The molecule has 68 valence electrons. The van der Waals surface area contributed by atoms with Crippen LogP contribution in [0.2, 0.25) is 0 Å². The minimum absolute atomic E-state index is 0.261. The maximum atomic E-state index is 11.4. The van der Waals surface area contributed by atoms with Crippen molar-refractivity contribution in [2.75, 3.05) is 0 Å². The van der Waals surface area contributed by atoms with Crippen LogP contribution >= 0.6 is 0 Å². The molecule has 1 heterocycles. The van der Waals surface area contributed by atoms with Crippen molar-refractivity contribution in [3.63, 3.8) is 0 Å². The van der Waals surface area contributed by atoms with E-state index in [0.717, 1.165) is 36.2 Å². The van der Waals surface area contributed by atoms with E-state index in [4.69, 9.17) is 0 Å². The number of hydrogen-bond donors (Lipinski definition) is 0. The van der Waals surface area contributed by atoms with E-state index in [0.29, 0.717) is 6.42 Å². The summed E-state index contributed by atoms with van der Waals surface area (Å²) in [6, 6.07) is 3.89. The van der Waals surface area contributed by atoms with Crippen molar-refractivity contribution in [3.05, 3.63) is 29.1 Å². The van der Waals surface area contributed by atoms with Gasteiger partial charge in [0.05, 0.1) is 5.69 Å². The van der Waals surface area contributed by atoms with Crippen LogP contribution in [0, 0.1) is 0 Å². The third kappa shape index (κ3) is 1.48. The van der Waals surface area contributed by atoms with Crippen molar-refractivity contribution < 1.29 is 4.79 Å². The summed E-state index contributed by atoms with van der Waals surface area (Å²) in [5.41, 5.74) is 2.95. The second kappa shape index (κ2) is 3.29. The van der Waals surface area contributed by atoms with Gasteiger partial charge in [-0.05, 0) is 31.4 Å². The van der Waals surface area contributed by atoms with Gasteiger partial charge in [0.15, 0.2) is 5.78 Å². The van der Waals surface area contributed by atoms with Crippen LogP contribution in [0.15, 0.2) is 12.1 Å². The molecular weight excluding hydrogens is 162 g/mol. The van der Waals surface area contributed by atoms with Gasteiger partial charge in [0, 0.05) is 17.7 Å². The van der Waals surface area contributed by atoms with E-state index in [1.807, 2.05) is 12.1 Å². The number of hydrogen-bond acceptors (Lipinski definition) is 2. The molecule has 0 saturated carbocycles. The summed E-state index contributed by atoms with van der Waals surface area (Å²) in [6.07, 6.45) is 3.57. The summed E-state index contributed by atoms with van der Waals surface area (Å²) in [6.45, 7) is 2.08. The first-order valence-corrected chi connectivity index (χ1v) is 4.83. The Labute approximate surface area is 78.0 Å². The third-order valence-corrected chi connectivity index (χ3v) is 2.51. The molecule has 0 spiro atoms. The molecule has 0 atom stereocenters. The number of carbonyl (C=O) groups excluding carboxylic acids is 1. The number of pyridine rings is 1. The molecule has 0 fully saturated rings. The zero-order valence-corrected chi connectivity index (χ0v) is 7.84. The molecule has 1 aliphatic rings. The van der Waals surface area contributed by atoms with Crippen LogP contribution in [0.1, 0.15) is 41.5 Å². The third-order valence-electron chi connectivity index (χ3n) is 2.51. The van der Waals surface area contributed by atoms with E-state index >= 15 is 0 Å². The van der Waals surface area contributed by atoms with Gasteiger partial charge in [0.1, 0.15) is 0 Å². The Kier molecular flexibility index (Phi) is 2.13. The molecule has 2 nitrogen and oxygen atoms in total. The monoisotopic (exact) mass is 175 g/mol. The minimum Gasteiger partial charge on any atom is -0.294 e.